The highest BCUT2D eigenvalue weighted by molar-refractivity contribution is 5.96. The van der Waals surface area contributed by atoms with Gasteiger partial charge in [-0.25, -0.2) is 4.79 Å². The van der Waals surface area contributed by atoms with Gasteiger partial charge in [-0.15, -0.1) is 0 Å². The van der Waals surface area contributed by atoms with Crippen LogP contribution in [0.3, 0.4) is 0 Å². The number of hydrogen-bond donors (Lipinski definition) is 2. The molecule has 1 fully saturated rings. The molecular weight excluding hydrogens is 420 g/mol. The first-order valence-corrected chi connectivity index (χ1v) is 10.9. The molecular formula is C25H26N4O4. The molecule has 0 saturated carbocycles. The standard InChI is InChI=1S/C25H26N4O4/c26-9-4-10-27-11-13-28(14-12-27)23(25(32)33)21-17-29(16-18-5-2-1-3-6-18)22-15-19(24(30)31)7-8-20(21)22/h1-3,5-8,15,17,23H,4,10-14,16H2,(H,30,31)(H,32,33)/t23-/m1/s1. The minimum absolute atomic E-state index is 0.166. The van der Waals surface area contributed by atoms with Crippen molar-refractivity contribution in [2.75, 3.05) is 32.7 Å². The van der Waals surface area contributed by atoms with Gasteiger partial charge in [-0.05, 0) is 17.7 Å². The molecule has 3 aromatic rings. The van der Waals surface area contributed by atoms with E-state index in [1.165, 1.54) is 6.07 Å². The minimum Gasteiger partial charge on any atom is -0.480 e. The largest absolute Gasteiger partial charge is 0.480 e. The summed E-state index contributed by atoms with van der Waals surface area (Å²) < 4.78 is 1.94. The molecule has 0 unspecified atom stereocenters. The molecule has 2 N–H and O–H groups in total. The van der Waals surface area contributed by atoms with Crippen molar-refractivity contribution < 1.29 is 19.8 Å². The Kier molecular flexibility index (Phi) is 6.73. The van der Waals surface area contributed by atoms with E-state index in [0.717, 1.165) is 10.9 Å². The van der Waals surface area contributed by atoms with E-state index >= 15 is 0 Å². The number of aliphatic carboxylic acids is 1. The van der Waals surface area contributed by atoms with E-state index < -0.39 is 18.0 Å². The average molecular weight is 447 g/mol. The van der Waals surface area contributed by atoms with Crippen LogP contribution < -0.4 is 0 Å². The monoisotopic (exact) mass is 446 g/mol. The summed E-state index contributed by atoms with van der Waals surface area (Å²) >= 11 is 0. The third kappa shape index (κ3) is 4.90. The van der Waals surface area contributed by atoms with Crippen molar-refractivity contribution in [3.63, 3.8) is 0 Å². The zero-order valence-corrected chi connectivity index (χ0v) is 18.2. The van der Waals surface area contributed by atoms with Crippen LogP contribution in [-0.2, 0) is 11.3 Å². The molecule has 1 atom stereocenters. The first-order chi connectivity index (χ1) is 16.0. The lowest BCUT2D eigenvalue weighted by atomic mass is 10.0. The van der Waals surface area contributed by atoms with Crippen LogP contribution in [0, 0.1) is 11.3 Å². The molecule has 0 bridgehead atoms. The molecule has 2 heterocycles. The van der Waals surface area contributed by atoms with E-state index in [2.05, 4.69) is 11.0 Å². The van der Waals surface area contributed by atoms with Gasteiger partial charge in [0, 0.05) is 68.4 Å². The quantitative estimate of drug-likeness (QED) is 0.547. The Labute approximate surface area is 191 Å². The van der Waals surface area contributed by atoms with Crippen LogP contribution in [0.1, 0.15) is 33.9 Å². The maximum absolute atomic E-state index is 12.4. The van der Waals surface area contributed by atoms with Crippen LogP contribution in [0.2, 0.25) is 0 Å². The number of fused-ring (bicyclic) bond motifs is 1. The van der Waals surface area contributed by atoms with Gasteiger partial charge in [0.05, 0.1) is 11.6 Å². The highest BCUT2D eigenvalue weighted by Gasteiger charge is 2.32. The Balaban J connectivity index is 1.71. The number of benzene rings is 2. The fourth-order valence-electron chi connectivity index (χ4n) is 4.52. The summed E-state index contributed by atoms with van der Waals surface area (Å²) in [5.74, 6) is -1.95. The molecule has 170 valence electrons. The lowest BCUT2D eigenvalue weighted by Gasteiger charge is -2.37. The van der Waals surface area contributed by atoms with E-state index in [-0.39, 0.29) is 5.56 Å². The number of rotatable bonds is 8. The van der Waals surface area contributed by atoms with Crippen molar-refractivity contribution in [2.45, 2.75) is 19.0 Å². The molecule has 8 nitrogen and oxygen atoms in total. The molecule has 33 heavy (non-hydrogen) atoms. The van der Waals surface area contributed by atoms with Crippen LogP contribution in [0.25, 0.3) is 10.9 Å². The van der Waals surface area contributed by atoms with E-state index in [1.807, 2.05) is 46.0 Å². The van der Waals surface area contributed by atoms with Crippen molar-refractivity contribution in [1.82, 2.24) is 14.4 Å². The first-order valence-electron chi connectivity index (χ1n) is 10.9. The van der Waals surface area contributed by atoms with Gasteiger partial charge in [0.1, 0.15) is 6.04 Å². The molecule has 0 radical (unpaired) electrons. The molecule has 0 aliphatic carbocycles. The van der Waals surface area contributed by atoms with E-state index in [0.29, 0.717) is 56.8 Å². The van der Waals surface area contributed by atoms with Crippen molar-refractivity contribution in [3.05, 3.63) is 71.4 Å². The fourth-order valence-corrected chi connectivity index (χ4v) is 4.52. The van der Waals surface area contributed by atoms with E-state index in [1.54, 1.807) is 12.1 Å². The van der Waals surface area contributed by atoms with Crippen molar-refractivity contribution in [2.24, 2.45) is 0 Å². The third-order valence-corrected chi connectivity index (χ3v) is 6.20. The van der Waals surface area contributed by atoms with Crippen LogP contribution >= 0.6 is 0 Å². The van der Waals surface area contributed by atoms with Gasteiger partial charge in [-0.3, -0.25) is 14.6 Å². The Bertz CT molecular complexity index is 1190. The Morgan fingerprint density at radius 1 is 1.03 bits per heavy atom. The van der Waals surface area contributed by atoms with Gasteiger partial charge in [0.15, 0.2) is 0 Å². The van der Waals surface area contributed by atoms with Crippen LogP contribution in [0.4, 0.5) is 0 Å². The Hall–Kier alpha value is -3.67. The van der Waals surface area contributed by atoms with Gasteiger partial charge in [0.25, 0.3) is 0 Å². The predicted molar refractivity (Wildman–Crippen MR) is 123 cm³/mol. The van der Waals surface area contributed by atoms with E-state index in [4.69, 9.17) is 5.26 Å². The van der Waals surface area contributed by atoms with Gasteiger partial charge in [-0.2, -0.15) is 5.26 Å². The molecule has 1 aromatic heterocycles. The molecule has 2 aromatic carbocycles. The second-order valence-electron chi connectivity index (χ2n) is 8.26. The maximum atomic E-state index is 12.4. The highest BCUT2D eigenvalue weighted by Crippen LogP contribution is 2.32. The molecule has 1 saturated heterocycles. The van der Waals surface area contributed by atoms with Crippen LogP contribution in [0.5, 0.6) is 0 Å². The predicted octanol–water partition coefficient (Wildman–Crippen LogP) is 3.04. The Morgan fingerprint density at radius 3 is 2.39 bits per heavy atom. The fraction of sp³-hybridized carbons (Fsp3) is 0.320. The van der Waals surface area contributed by atoms with Crippen molar-refractivity contribution in [1.29, 1.82) is 5.26 Å². The van der Waals surface area contributed by atoms with Crippen molar-refractivity contribution in [3.8, 4) is 6.07 Å². The molecule has 0 amide bonds. The van der Waals surface area contributed by atoms with Gasteiger partial charge in [-0.1, -0.05) is 36.4 Å². The molecule has 1 aliphatic rings. The first kappa shape index (κ1) is 22.5. The summed E-state index contributed by atoms with van der Waals surface area (Å²) in [7, 11) is 0. The number of piperazine rings is 1. The number of nitriles is 1. The lowest BCUT2D eigenvalue weighted by Crippen LogP contribution is -2.49. The topological polar surface area (TPSA) is 110 Å². The number of hydrogen-bond acceptors (Lipinski definition) is 5. The molecule has 0 spiro atoms. The second-order valence-corrected chi connectivity index (χ2v) is 8.26. The van der Waals surface area contributed by atoms with Crippen molar-refractivity contribution >= 4 is 22.8 Å². The maximum Gasteiger partial charge on any atom is 0.335 e. The smallest absolute Gasteiger partial charge is 0.335 e. The van der Waals surface area contributed by atoms with Crippen LogP contribution in [0.15, 0.2) is 54.7 Å². The normalized spacial score (nSPS) is 15.8. The van der Waals surface area contributed by atoms with Gasteiger partial charge in [0.2, 0.25) is 0 Å². The summed E-state index contributed by atoms with van der Waals surface area (Å²) in [5.41, 5.74) is 2.57. The zero-order chi connectivity index (χ0) is 23.4. The van der Waals surface area contributed by atoms with Gasteiger partial charge < -0.3 is 14.8 Å². The summed E-state index contributed by atoms with van der Waals surface area (Å²) in [6, 6.07) is 16.0. The number of carboxylic acid groups (broad SMARTS) is 2. The number of aromatic carboxylic acids is 1. The average Bonchev–Trinajstić information content (AvgIpc) is 3.16. The lowest BCUT2D eigenvalue weighted by molar-refractivity contribution is -0.144. The number of nitrogens with zero attached hydrogens (tertiary/aromatic N) is 4. The summed E-state index contributed by atoms with van der Waals surface area (Å²) in [6.45, 7) is 3.78. The summed E-state index contributed by atoms with van der Waals surface area (Å²) in [4.78, 5) is 28.2. The Morgan fingerprint density at radius 2 is 1.76 bits per heavy atom. The van der Waals surface area contributed by atoms with Crippen LogP contribution in [-0.4, -0.2) is 69.2 Å². The number of aromatic nitrogens is 1. The SMILES string of the molecule is N#CCCN1CCN([C@@H](C(=O)O)c2cn(Cc3ccccc3)c3cc(C(=O)O)ccc23)CC1. The molecule has 4 rings (SSSR count). The minimum atomic E-state index is -1.02. The number of carboxylic acids is 2. The summed E-state index contributed by atoms with van der Waals surface area (Å²) in [6.07, 6.45) is 2.31. The third-order valence-electron chi connectivity index (χ3n) is 6.20. The second kappa shape index (κ2) is 9.86. The highest BCUT2D eigenvalue weighted by atomic mass is 16.4. The molecule has 8 heteroatoms. The molecule has 1 aliphatic heterocycles. The zero-order valence-electron chi connectivity index (χ0n) is 18.2. The van der Waals surface area contributed by atoms with Gasteiger partial charge >= 0.3 is 11.9 Å². The summed E-state index contributed by atoms with van der Waals surface area (Å²) in [5, 5.41) is 29.2. The van der Waals surface area contributed by atoms with E-state index in [9.17, 15) is 19.8 Å². The number of carbonyl (C=O) groups is 2.